The van der Waals surface area contributed by atoms with Gasteiger partial charge < -0.3 is 10.2 Å². The van der Waals surface area contributed by atoms with Crippen LogP contribution in [0.5, 0.6) is 0 Å². The number of halogens is 1. The third kappa shape index (κ3) is 1.33. The highest BCUT2D eigenvalue weighted by atomic mass is 35.5. The Hall–Kier alpha value is -1.29. The maximum absolute atomic E-state index is 5.72. The van der Waals surface area contributed by atoms with Gasteiger partial charge >= 0.3 is 0 Å². The van der Waals surface area contributed by atoms with Crippen LogP contribution in [-0.2, 0) is 6.42 Å². The van der Waals surface area contributed by atoms with Gasteiger partial charge in [-0.25, -0.2) is 4.98 Å². The second kappa shape index (κ2) is 2.88. The summed E-state index contributed by atoms with van der Waals surface area (Å²) in [5.41, 5.74) is 8.19. The zero-order valence-electron chi connectivity index (χ0n) is 7.04. The number of hydrogen-bond donors (Lipinski definition) is 1. The van der Waals surface area contributed by atoms with Gasteiger partial charge in [-0.15, -0.1) is 0 Å². The Kier molecular flexibility index (Phi) is 1.84. The average molecular weight is 198 g/mol. The summed E-state index contributed by atoms with van der Waals surface area (Å²) in [7, 11) is 0. The summed E-state index contributed by atoms with van der Waals surface area (Å²) in [6.07, 6.45) is 0.764. The van der Waals surface area contributed by atoms with Crippen LogP contribution >= 0.6 is 11.6 Å². The lowest BCUT2D eigenvalue weighted by Gasteiger charge is -1.98. The van der Waals surface area contributed by atoms with Gasteiger partial charge in [-0.1, -0.05) is 6.92 Å². The van der Waals surface area contributed by atoms with Gasteiger partial charge in [0, 0.05) is 0 Å². The second-order valence-corrected chi connectivity index (χ2v) is 2.99. The zero-order valence-corrected chi connectivity index (χ0v) is 7.80. The maximum Gasteiger partial charge on any atom is 0.294 e. The lowest BCUT2D eigenvalue weighted by molar-refractivity contribution is 0.591. The molecule has 0 unspecified atom stereocenters. The number of rotatable bonds is 1. The highest BCUT2D eigenvalue weighted by molar-refractivity contribution is 6.28. The maximum atomic E-state index is 5.72. The molecule has 0 aliphatic heterocycles. The predicted molar refractivity (Wildman–Crippen MR) is 50.6 cm³/mol. The SMILES string of the molecule is CCc1nc2oc(Cl)nc2cc1N. The van der Waals surface area contributed by atoms with E-state index in [9.17, 15) is 0 Å². The molecule has 68 valence electrons. The summed E-state index contributed by atoms with van der Waals surface area (Å²) >= 11 is 5.57. The fourth-order valence-electron chi connectivity index (χ4n) is 1.17. The highest BCUT2D eigenvalue weighted by Crippen LogP contribution is 2.21. The Morgan fingerprint density at radius 3 is 3.00 bits per heavy atom. The Balaban J connectivity index is 2.72. The van der Waals surface area contributed by atoms with Crippen molar-refractivity contribution < 1.29 is 4.42 Å². The monoisotopic (exact) mass is 197 g/mol. The predicted octanol–water partition coefficient (Wildman–Crippen LogP) is 2.02. The van der Waals surface area contributed by atoms with Gasteiger partial charge in [-0.2, -0.15) is 4.98 Å². The fraction of sp³-hybridized carbons (Fsp3) is 0.250. The number of pyridine rings is 1. The molecule has 0 bridgehead atoms. The molecule has 2 aromatic rings. The Labute approximate surface area is 79.7 Å². The molecule has 0 amide bonds. The topological polar surface area (TPSA) is 64.9 Å². The van der Waals surface area contributed by atoms with Crippen molar-refractivity contribution in [1.82, 2.24) is 9.97 Å². The van der Waals surface area contributed by atoms with Gasteiger partial charge in [0.25, 0.3) is 5.35 Å². The molecule has 13 heavy (non-hydrogen) atoms. The normalized spacial score (nSPS) is 10.9. The summed E-state index contributed by atoms with van der Waals surface area (Å²) in [6.45, 7) is 1.97. The van der Waals surface area contributed by atoms with Crippen molar-refractivity contribution in [1.29, 1.82) is 0 Å². The smallest absolute Gasteiger partial charge is 0.294 e. The fourth-order valence-corrected chi connectivity index (χ4v) is 1.34. The molecule has 0 saturated carbocycles. The first-order valence-corrected chi connectivity index (χ1v) is 4.30. The molecule has 0 aromatic carbocycles. The Bertz CT molecular complexity index is 452. The number of aromatic nitrogens is 2. The van der Waals surface area contributed by atoms with E-state index in [-0.39, 0.29) is 5.35 Å². The minimum absolute atomic E-state index is 0.0927. The van der Waals surface area contributed by atoms with Crippen LogP contribution in [0, 0.1) is 0 Å². The summed E-state index contributed by atoms with van der Waals surface area (Å²) in [5, 5.41) is 0.0927. The summed E-state index contributed by atoms with van der Waals surface area (Å²) in [4.78, 5) is 8.08. The first kappa shape index (κ1) is 8.31. The van der Waals surface area contributed by atoms with E-state index < -0.39 is 0 Å². The van der Waals surface area contributed by atoms with E-state index in [4.69, 9.17) is 21.8 Å². The number of oxazole rings is 1. The third-order valence-electron chi connectivity index (χ3n) is 1.81. The van der Waals surface area contributed by atoms with Crippen molar-refractivity contribution in [3.05, 3.63) is 17.1 Å². The first-order valence-electron chi connectivity index (χ1n) is 3.92. The van der Waals surface area contributed by atoms with Crippen LogP contribution in [-0.4, -0.2) is 9.97 Å². The lowest BCUT2D eigenvalue weighted by atomic mass is 10.2. The van der Waals surface area contributed by atoms with Gasteiger partial charge in [-0.3, -0.25) is 0 Å². The summed E-state index contributed by atoms with van der Waals surface area (Å²) in [6, 6.07) is 1.72. The van der Waals surface area contributed by atoms with E-state index in [0.29, 0.717) is 16.9 Å². The summed E-state index contributed by atoms with van der Waals surface area (Å²) < 4.78 is 5.05. The molecular weight excluding hydrogens is 190 g/mol. The molecular formula is C8H8ClN3O. The Morgan fingerprint density at radius 2 is 2.31 bits per heavy atom. The van der Waals surface area contributed by atoms with Gasteiger partial charge in [0.2, 0.25) is 5.71 Å². The van der Waals surface area contributed by atoms with Gasteiger partial charge in [-0.05, 0) is 24.1 Å². The average Bonchev–Trinajstić information content (AvgIpc) is 2.42. The number of fused-ring (bicyclic) bond motifs is 1. The van der Waals surface area contributed by atoms with E-state index in [2.05, 4.69) is 9.97 Å². The van der Waals surface area contributed by atoms with Crippen LogP contribution in [0.4, 0.5) is 5.69 Å². The largest absolute Gasteiger partial charge is 0.408 e. The molecule has 0 fully saturated rings. The number of nitrogens with zero attached hydrogens (tertiary/aromatic N) is 2. The molecule has 0 aliphatic rings. The molecule has 2 aromatic heterocycles. The number of nitrogen functional groups attached to an aromatic ring is 1. The third-order valence-corrected chi connectivity index (χ3v) is 1.97. The van der Waals surface area contributed by atoms with Crippen molar-refractivity contribution in [2.24, 2.45) is 0 Å². The van der Waals surface area contributed by atoms with Crippen LogP contribution < -0.4 is 5.73 Å². The molecule has 2 N–H and O–H groups in total. The summed E-state index contributed by atoms with van der Waals surface area (Å²) in [5.74, 6) is 0. The van der Waals surface area contributed by atoms with E-state index in [1.54, 1.807) is 6.07 Å². The van der Waals surface area contributed by atoms with Gasteiger partial charge in [0.05, 0.1) is 11.4 Å². The van der Waals surface area contributed by atoms with E-state index in [0.717, 1.165) is 12.1 Å². The molecule has 0 saturated heterocycles. The van der Waals surface area contributed by atoms with Gasteiger partial charge in [0.15, 0.2) is 0 Å². The van der Waals surface area contributed by atoms with E-state index in [1.165, 1.54) is 0 Å². The number of hydrogen-bond acceptors (Lipinski definition) is 4. The van der Waals surface area contributed by atoms with Crippen LogP contribution in [0.25, 0.3) is 11.2 Å². The minimum Gasteiger partial charge on any atom is -0.408 e. The highest BCUT2D eigenvalue weighted by Gasteiger charge is 2.08. The molecule has 0 atom stereocenters. The van der Waals surface area contributed by atoms with E-state index in [1.807, 2.05) is 6.92 Å². The van der Waals surface area contributed by atoms with Crippen LogP contribution in [0.3, 0.4) is 0 Å². The van der Waals surface area contributed by atoms with Crippen LogP contribution in [0.2, 0.25) is 5.35 Å². The lowest BCUT2D eigenvalue weighted by Crippen LogP contribution is -1.95. The molecule has 0 radical (unpaired) electrons. The molecule has 0 aliphatic carbocycles. The number of anilines is 1. The van der Waals surface area contributed by atoms with Crippen molar-refractivity contribution in [2.75, 3.05) is 5.73 Å². The molecule has 2 rings (SSSR count). The van der Waals surface area contributed by atoms with Crippen molar-refractivity contribution in [3.63, 3.8) is 0 Å². The molecule has 0 spiro atoms. The first-order chi connectivity index (χ1) is 6.20. The van der Waals surface area contributed by atoms with Gasteiger partial charge in [0.1, 0.15) is 5.52 Å². The van der Waals surface area contributed by atoms with Crippen molar-refractivity contribution in [2.45, 2.75) is 13.3 Å². The minimum atomic E-state index is 0.0927. The Morgan fingerprint density at radius 1 is 1.54 bits per heavy atom. The molecule has 4 nitrogen and oxygen atoms in total. The van der Waals surface area contributed by atoms with Crippen molar-refractivity contribution >= 4 is 28.5 Å². The number of aryl methyl sites for hydroxylation is 1. The molecule has 2 heterocycles. The molecule has 5 heteroatoms. The standard InChI is InChI=1S/C8H8ClN3O/c1-2-5-4(10)3-6-7(11-5)13-8(9)12-6/h3H,2,10H2,1H3. The number of nitrogens with two attached hydrogens (primary N) is 1. The van der Waals surface area contributed by atoms with E-state index >= 15 is 0 Å². The zero-order chi connectivity index (χ0) is 9.42. The van der Waals surface area contributed by atoms with Crippen LogP contribution in [0.1, 0.15) is 12.6 Å². The van der Waals surface area contributed by atoms with Crippen molar-refractivity contribution in [3.8, 4) is 0 Å². The second-order valence-electron chi connectivity index (χ2n) is 2.67. The quantitative estimate of drug-likeness (QED) is 0.760. The van der Waals surface area contributed by atoms with Crippen LogP contribution in [0.15, 0.2) is 10.5 Å².